The van der Waals surface area contributed by atoms with E-state index in [1.807, 2.05) is 0 Å². The molecule has 7 heteroatoms. The largest absolute Gasteiger partial charge is 0.507 e. The van der Waals surface area contributed by atoms with E-state index < -0.39 is 17.7 Å². The molecule has 0 aliphatic rings. The molecule has 4 nitrogen and oxygen atoms in total. The molecule has 0 unspecified atom stereocenters. The van der Waals surface area contributed by atoms with Gasteiger partial charge in [-0.15, -0.1) is 0 Å². The maximum absolute atomic E-state index is 12.4. The smallest absolute Gasteiger partial charge is 0.416 e. The van der Waals surface area contributed by atoms with Crippen molar-refractivity contribution in [3.8, 4) is 5.75 Å². The molecule has 0 radical (unpaired) electrons. The number of nitrogens with one attached hydrogen (secondary N) is 1. The standard InChI is InChI=1S/C15H12F3NO3/c16-15(17,18)10-3-1-9(2-4-10)8-19-11-5-6-13(20)12(7-11)14(21)22/h1-7,19-20H,8H2,(H,21,22). The minimum absolute atomic E-state index is 0.224. The number of halogens is 3. The molecule has 0 atom stereocenters. The van der Waals surface area contributed by atoms with Gasteiger partial charge in [0.05, 0.1) is 5.56 Å². The summed E-state index contributed by atoms with van der Waals surface area (Å²) in [5, 5.41) is 21.2. The van der Waals surface area contributed by atoms with E-state index in [9.17, 15) is 23.1 Å². The highest BCUT2D eigenvalue weighted by Crippen LogP contribution is 2.29. The van der Waals surface area contributed by atoms with E-state index in [0.717, 1.165) is 12.1 Å². The van der Waals surface area contributed by atoms with Crippen molar-refractivity contribution in [2.75, 3.05) is 5.32 Å². The van der Waals surface area contributed by atoms with E-state index in [4.69, 9.17) is 5.11 Å². The number of aromatic hydroxyl groups is 1. The van der Waals surface area contributed by atoms with Crippen LogP contribution in [-0.4, -0.2) is 16.2 Å². The lowest BCUT2D eigenvalue weighted by Gasteiger charge is -2.10. The lowest BCUT2D eigenvalue weighted by atomic mass is 10.1. The quantitative estimate of drug-likeness (QED) is 0.753. The van der Waals surface area contributed by atoms with E-state index in [0.29, 0.717) is 11.3 Å². The molecular weight excluding hydrogens is 299 g/mol. The Morgan fingerprint density at radius 3 is 2.27 bits per heavy atom. The molecule has 2 aromatic rings. The highest BCUT2D eigenvalue weighted by Gasteiger charge is 2.29. The van der Waals surface area contributed by atoms with Crippen molar-refractivity contribution in [2.45, 2.75) is 12.7 Å². The molecule has 2 rings (SSSR count). The van der Waals surface area contributed by atoms with E-state index in [-0.39, 0.29) is 17.9 Å². The van der Waals surface area contributed by atoms with Crippen LogP contribution in [0.1, 0.15) is 21.5 Å². The van der Waals surface area contributed by atoms with Crippen LogP contribution in [0.25, 0.3) is 0 Å². The van der Waals surface area contributed by atoms with Crippen LogP contribution < -0.4 is 5.32 Å². The van der Waals surface area contributed by atoms with Crippen molar-refractivity contribution in [3.05, 3.63) is 59.2 Å². The first kappa shape index (κ1) is 15.7. The molecule has 22 heavy (non-hydrogen) atoms. The Morgan fingerprint density at radius 2 is 1.73 bits per heavy atom. The predicted octanol–water partition coefficient (Wildman–Crippen LogP) is 3.72. The Hall–Kier alpha value is -2.70. The number of anilines is 1. The predicted molar refractivity (Wildman–Crippen MR) is 73.8 cm³/mol. The van der Waals surface area contributed by atoms with E-state index in [1.54, 1.807) is 0 Å². The molecule has 3 N–H and O–H groups in total. The summed E-state index contributed by atoms with van der Waals surface area (Å²) in [6, 6.07) is 8.61. The second-order valence-corrected chi connectivity index (χ2v) is 4.59. The summed E-state index contributed by atoms with van der Waals surface area (Å²) in [6.45, 7) is 0.224. The van der Waals surface area contributed by atoms with Crippen LogP contribution in [0.4, 0.5) is 18.9 Å². The highest BCUT2D eigenvalue weighted by molar-refractivity contribution is 5.91. The Balaban J connectivity index is 2.07. The maximum Gasteiger partial charge on any atom is 0.416 e. The van der Waals surface area contributed by atoms with Crippen LogP contribution in [-0.2, 0) is 12.7 Å². The van der Waals surface area contributed by atoms with Gasteiger partial charge in [0.25, 0.3) is 0 Å². The Labute approximate surface area is 123 Å². The molecule has 2 aromatic carbocycles. The summed E-state index contributed by atoms with van der Waals surface area (Å²) in [5.41, 5.74) is 0.0690. The fourth-order valence-electron chi connectivity index (χ4n) is 1.83. The van der Waals surface area contributed by atoms with Gasteiger partial charge in [-0.05, 0) is 35.9 Å². The van der Waals surface area contributed by atoms with Gasteiger partial charge in [-0.3, -0.25) is 0 Å². The van der Waals surface area contributed by atoms with Gasteiger partial charge in [0.15, 0.2) is 0 Å². The molecule has 0 spiro atoms. The lowest BCUT2D eigenvalue weighted by molar-refractivity contribution is -0.137. The number of carbonyl (C=O) groups is 1. The first-order valence-corrected chi connectivity index (χ1v) is 6.23. The van der Waals surface area contributed by atoms with Gasteiger partial charge in [-0.2, -0.15) is 13.2 Å². The normalized spacial score (nSPS) is 11.2. The average molecular weight is 311 g/mol. The monoisotopic (exact) mass is 311 g/mol. The number of phenols is 1. The molecule has 0 aromatic heterocycles. The third-order valence-corrected chi connectivity index (χ3v) is 3.00. The summed E-state index contributed by atoms with van der Waals surface area (Å²) in [6.07, 6.45) is -4.38. The number of benzene rings is 2. The zero-order chi connectivity index (χ0) is 16.3. The minimum atomic E-state index is -4.38. The fourth-order valence-corrected chi connectivity index (χ4v) is 1.83. The van der Waals surface area contributed by atoms with Crippen LogP contribution >= 0.6 is 0 Å². The molecule has 0 aliphatic heterocycles. The molecule has 0 saturated carbocycles. The molecule has 0 amide bonds. The Kier molecular flexibility index (Phi) is 4.25. The summed E-state index contributed by atoms with van der Waals surface area (Å²) < 4.78 is 37.3. The number of carboxylic acid groups (broad SMARTS) is 1. The second kappa shape index (κ2) is 5.97. The van der Waals surface area contributed by atoms with Crippen LogP contribution in [0.5, 0.6) is 5.75 Å². The fraction of sp³-hybridized carbons (Fsp3) is 0.133. The van der Waals surface area contributed by atoms with Gasteiger partial charge in [0, 0.05) is 12.2 Å². The summed E-state index contributed by atoms with van der Waals surface area (Å²) in [7, 11) is 0. The van der Waals surface area contributed by atoms with Crippen molar-refractivity contribution in [3.63, 3.8) is 0 Å². The first-order chi connectivity index (χ1) is 10.3. The number of aromatic carboxylic acids is 1. The van der Waals surface area contributed by atoms with Crippen LogP contribution in [0.15, 0.2) is 42.5 Å². The summed E-state index contributed by atoms with van der Waals surface area (Å²) in [4.78, 5) is 10.9. The van der Waals surface area contributed by atoms with Gasteiger partial charge in [0.1, 0.15) is 11.3 Å². The average Bonchev–Trinajstić information content (AvgIpc) is 2.45. The van der Waals surface area contributed by atoms with Crippen molar-refractivity contribution in [1.29, 1.82) is 0 Å². The molecule has 0 aliphatic carbocycles. The van der Waals surface area contributed by atoms with Crippen LogP contribution in [0.3, 0.4) is 0 Å². The second-order valence-electron chi connectivity index (χ2n) is 4.59. The molecular formula is C15H12F3NO3. The van der Waals surface area contributed by atoms with Crippen LogP contribution in [0.2, 0.25) is 0 Å². The van der Waals surface area contributed by atoms with Crippen molar-refractivity contribution in [1.82, 2.24) is 0 Å². The summed E-state index contributed by atoms with van der Waals surface area (Å²) in [5.74, 6) is -1.62. The third kappa shape index (κ3) is 3.69. The van der Waals surface area contributed by atoms with Gasteiger partial charge >= 0.3 is 12.1 Å². The first-order valence-electron chi connectivity index (χ1n) is 6.23. The zero-order valence-corrected chi connectivity index (χ0v) is 11.2. The maximum atomic E-state index is 12.4. The molecule has 0 bridgehead atoms. The van der Waals surface area contributed by atoms with Gasteiger partial charge in [-0.25, -0.2) is 4.79 Å². The van der Waals surface area contributed by atoms with Crippen LogP contribution in [0, 0.1) is 0 Å². The number of alkyl halides is 3. The lowest BCUT2D eigenvalue weighted by Crippen LogP contribution is -2.06. The van der Waals surface area contributed by atoms with Gasteiger partial charge < -0.3 is 15.5 Å². The third-order valence-electron chi connectivity index (χ3n) is 3.00. The Bertz CT molecular complexity index is 681. The minimum Gasteiger partial charge on any atom is -0.507 e. The van der Waals surface area contributed by atoms with E-state index >= 15 is 0 Å². The van der Waals surface area contributed by atoms with Crippen molar-refractivity contribution in [2.24, 2.45) is 0 Å². The molecule has 116 valence electrons. The molecule has 0 fully saturated rings. The van der Waals surface area contributed by atoms with Crippen molar-refractivity contribution >= 4 is 11.7 Å². The summed E-state index contributed by atoms with van der Waals surface area (Å²) >= 11 is 0. The van der Waals surface area contributed by atoms with Gasteiger partial charge in [-0.1, -0.05) is 12.1 Å². The Morgan fingerprint density at radius 1 is 1.09 bits per heavy atom. The van der Waals surface area contributed by atoms with E-state index in [1.165, 1.54) is 30.3 Å². The number of carboxylic acids is 1. The topological polar surface area (TPSA) is 69.6 Å². The van der Waals surface area contributed by atoms with Gasteiger partial charge in [0.2, 0.25) is 0 Å². The van der Waals surface area contributed by atoms with E-state index in [2.05, 4.69) is 5.32 Å². The SMILES string of the molecule is O=C(O)c1cc(NCc2ccc(C(F)(F)F)cc2)ccc1O. The number of hydrogen-bond donors (Lipinski definition) is 3. The number of rotatable bonds is 4. The molecule has 0 saturated heterocycles. The number of hydrogen-bond acceptors (Lipinski definition) is 3. The molecule has 0 heterocycles. The highest BCUT2D eigenvalue weighted by atomic mass is 19.4. The van der Waals surface area contributed by atoms with Crippen molar-refractivity contribution < 1.29 is 28.2 Å². The zero-order valence-electron chi connectivity index (χ0n) is 11.2.